The highest BCUT2D eigenvalue weighted by Gasteiger charge is 2.33. The summed E-state index contributed by atoms with van der Waals surface area (Å²) in [5, 5.41) is 19.4. The third-order valence-corrected chi connectivity index (χ3v) is 5.32. The molecule has 0 bridgehead atoms. The normalized spacial score (nSPS) is 12.6. The topological polar surface area (TPSA) is 130 Å². The van der Waals surface area contributed by atoms with Crippen LogP contribution >= 0.6 is 0 Å². The fourth-order valence-electron chi connectivity index (χ4n) is 3.35. The number of H-pyrrole nitrogens is 1. The van der Waals surface area contributed by atoms with Crippen LogP contribution in [0.2, 0.25) is 0 Å². The Morgan fingerprint density at radius 1 is 1.24 bits per heavy atom. The molecular formula is C23H32N5O5+. The standard InChI is InChI=1S/C23H31N5O5/c1-13(2)14-11-17(32-12-14)19(23(3,4)5)25-20-21(28(31)33-26-20)24-16-10-8-9-15(18(16)29)22(30)27(6)7/h8-13,19,24H,1-7H3,(H2-,25,26,29,30,31)/p+1/t19-/m0/s1. The molecule has 33 heavy (non-hydrogen) atoms. The highest BCUT2D eigenvalue weighted by atomic mass is 16.7. The number of rotatable bonds is 7. The number of carbonyl (C=O) groups excluding carboxylic acids is 1. The van der Waals surface area contributed by atoms with E-state index in [9.17, 15) is 14.8 Å². The molecule has 3 rings (SSSR count). The number of amides is 1. The van der Waals surface area contributed by atoms with Crippen LogP contribution in [0.1, 0.15) is 68.3 Å². The average molecular weight is 459 g/mol. The number of phenolic OH excluding ortho intramolecular Hbond substituents is 1. The van der Waals surface area contributed by atoms with Crippen LogP contribution in [-0.2, 0) is 0 Å². The van der Waals surface area contributed by atoms with E-state index in [1.807, 2.05) is 26.8 Å². The van der Waals surface area contributed by atoms with Crippen LogP contribution in [0.4, 0.5) is 17.3 Å². The average Bonchev–Trinajstić information content (AvgIpc) is 3.34. The van der Waals surface area contributed by atoms with Crippen LogP contribution < -0.4 is 15.2 Å². The molecule has 2 aromatic heterocycles. The van der Waals surface area contributed by atoms with E-state index in [-0.39, 0.29) is 50.6 Å². The summed E-state index contributed by atoms with van der Waals surface area (Å²) in [5.41, 5.74) is 1.07. The smallest absolute Gasteiger partial charge is 0.371 e. The number of benzene rings is 1. The molecule has 1 amide bonds. The van der Waals surface area contributed by atoms with Crippen molar-refractivity contribution in [1.82, 2.24) is 10.1 Å². The number of aromatic amines is 1. The second kappa shape index (κ2) is 9.05. The lowest BCUT2D eigenvalue weighted by Crippen LogP contribution is -2.26. The molecule has 0 radical (unpaired) electrons. The van der Waals surface area contributed by atoms with Gasteiger partial charge in [0.25, 0.3) is 11.7 Å². The number of nitrogens with zero attached hydrogens (tertiary/aromatic N) is 2. The summed E-state index contributed by atoms with van der Waals surface area (Å²) in [4.78, 5) is 26.1. The van der Waals surface area contributed by atoms with Crippen LogP contribution in [0.3, 0.4) is 0 Å². The molecule has 0 saturated carbocycles. The predicted octanol–water partition coefficient (Wildman–Crippen LogP) is 4.59. The lowest BCUT2D eigenvalue weighted by Gasteiger charge is -2.29. The molecule has 1 atom stereocenters. The molecule has 0 saturated heterocycles. The van der Waals surface area contributed by atoms with Crippen molar-refractivity contribution in [2.24, 2.45) is 5.41 Å². The van der Waals surface area contributed by atoms with Gasteiger partial charge in [-0.15, -0.1) is 4.63 Å². The van der Waals surface area contributed by atoms with Crippen molar-refractivity contribution < 1.29 is 23.5 Å². The van der Waals surface area contributed by atoms with Gasteiger partial charge in [-0.25, -0.2) is 0 Å². The molecule has 0 fully saturated rings. The second-order valence-corrected chi connectivity index (χ2v) is 9.58. The predicted molar refractivity (Wildman–Crippen MR) is 124 cm³/mol. The molecule has 3 aromatic rings. The van der Waals surface area contributed by atoms with Gasteiger partial charge >= 0.3 is 5.82 Å². The van der Waals surface area contributed by atoms with Crippen molar-refractivity contribution in [3.63, 3.8) is 0 Å². The highest BCUT2D eigenvalue weighted by molar-refractivity contribution is 5.98. The number of furan rings is 1. The lowest BCUT2D eigenvalue weighted by atomic mass is 9.85. The molecule has 2 heterocycles. The molecular weight excluding hydrogens is 426 g/mol. The third-order valence-electron chi connectivity index (χ3n) is 5.32. The number of hydrogen-bond acceptors (Lipinski definition) is 7. The molecule has 4 N–H and O–H groups in total. The first-order valence-corrected chi connectivity index (χ1v) is 10.7. The molecule has 1 aromatic carbocycles. The van der Waals surface area contributed by atoms with Crippen molar-refractivity contribution >= 4 is 23.2 Å². The fourth-order valence-corrected chi connectivity index (χ4v) is 3.35. The molecule has 10 heteroatoms. The minimum absolute atomic E-state index is 0.00959. The summed E-state index contributed by atoms with van der Waals surface area (Å²) in [6.45, 7) is 10.3. The Morgan fingerprint density at radius 3 is 2.52 bits per heavy atom. The van der Waals surface area contributed by atoms with Gasteiger partial charge in [0.2, 0.25) is 0 Å². The van der Waals surface area contributed by atoms with E-state index < -0.39 is 0 Å². The minimum Gasteiger partial charge on any atom is -0.504 e. The molecule has 0 aliphatic carbocycles. The number of phenols is 1. The van der Waals surface area contributed by atoms with Gasteiger partial charge < -0.3 is 19.7 Å². The monoisotopic (exact) mass is 458 g/mol. The van der Waals surface area contributed by atoms with Crippen LogP contribution in [0.5, 0.6) is 5.75 Å². The zero-order chi connectivity index (χ0) is 24.5. The van der Waals surface area contributed by atoms with Gasteiger partial charge in [-0.05, 0) is 40.0 Å². The van der Waals surface area contributed by atoms with Gasteiger partial charge in [0, 0.05) is 14.1 Å². The maximum absolute atomic E-state index is 12.4. The SMILES string of the molecule is CC(C)c1coc([C@H](Nc2[nH]o[n+](=O)c2Nc2cccc(C(=O)N(C)C)c2O)C(C)(C)C)c1. The van der Waals surface area contributed by atoms with Gasteiger partial charge in [0.05, 0.1) is 17.9 Å². The van der Waals surface area contributed by atoms with Gasteiger partial charge in [0.1, 0.15) is 11.4 Å². The number of aromatic nitrogens is 2. The van der Waals surface area contributed by atoms with Crippen LogP contribution in [-0.4, -0.2) is 35.2 Å². The van der Waals surface area contributed by atoms with Crippen LogP contribution in [0, 0.1) is 10.3 Å². The van der Waals surface area contributed by atoms with E-state index in [2.05, 4.69) is 29.6 Å². The minimum atomic E-state index is -0.366. The van der Waals surface area contributed by atoms with Crippen molar-refractivity contribution in [2.75, 3.05) is 24.7 Å². The first-order valence-electron chi connectivity index (χ1n) is 10.7. The number of aromatic hydroxyl groups is 1. The Hall–Kier alpha value is -3.69. The van der Waals surface area contributed by atoms with Crippen molar-refractivity contribution in [1.29, 1.82) is 0 Å². The molecule has 0 spiro atoms. The van der Waals surface area contributed by atoms with Gasteiger partial charge in [-0.2, -0.15) is 0 Å². The van der Waals surface area contributed by atoms with E-state index in [1.54, 1.807) is 32.5 Å². The number of carbonyl (C=O) groups is 1. The molecule has 10 nitrogen and oxygen atoms in total. The number of para-hydroxylation sites is 1. The van der Waals surface area contributed by atoms with Crippen LogP contribution in [0.15, 0.2) is 39.6 Å². The zero-order valence-electron chi connectivity index (χ0n) is 20.0. The van der Waals surface area contributed by atoms with Crippen molar-refractivity contribution in [2.45, 2.75) is 46.6 Å². The summed E-state index contributed by atoms with van der Waals surface area (Å²) in [6, 6.07) is 6.36. The van der Waals surface area contributed by atoms with E-state index in [4.69, 9.17) is 9.05 Å². The Balaban J connectivity index is 1.96. The summed E-state index contributed by atoms with van der Waals surface area (Å²) in [6.07, 6.45) is 1.73. The van der Waals surface area contributed by atoms with E-state index in [0.717, 1.165) is 5.56 Å². The van der Waals surface area contributed by atoms with E-state index >= 15 is 0 Å². The van der Waals surface area contributed by atoms with Crippen molar-refractivity contribution in [3.05, 3.63) is 52.3 Å². The van der Waals surface area contributed by atoms with Crippen molar-refractivity contribution in [3.8, 4) is 5.75 Å². The van der Waals surface area contributed by atoms with E-state index in [1.165, 1.54) is 11.0 Å². The Morgan fingerprint density at radius 2 is 1.94 bits per heavy atom. The summed E-state index contributed by atoms with van der Waals surface area (Å²) >= 11 is 0. The number of anilines is 3. The molecule has 0 aliphatic heterocycles. The first kappa shape index (κ1) is 24.0. The lowest BCUT2D eigenvalue weighted by molar-refractivity contribution is -0.701. The summed E-state index contributed by atoms with van der Waals surface area (Å²) < 4.78 is 11.0. The highest BCUT2D eigenvalue weighted by Crippen LogP contribution is 2.39. The molecule has 178 valence electrons. The summed E-state index contributed by atoms with van der Waals surface area (Å²) in [7, 11) is 3.18. The largest absolute Gasteiger partial charge is 0.504 e. The Labute approximate surface area is 192 Å². The molecule has 0 unspecified atom stereocenters. The second-order valence-electron chi connectivity index (χ2n) is 9.58. The van der Waals surface area contributed by atoms with Crippen LogP contribution in [0.25, 0.3) is 0 Å². The number of hydrogen-bond donors (Lipinski definition) is 4. The first-order chi connectivity index (χ1) is 15.4. The van der Waals surface area contributed by atoms with Gasteiger partial charge in [-0.3, -0.25) is 10.1 Å². The Kier molecular flexibility index (Phi) is 6.57. The maximum Gasteiger partial charge on any atom is 0.371 e. The quantitative estimate of drug-likeness (QED) is 0.381. The third kappa shape index (κ3) is 5.05. The van der Waals surface area contributed by atoms with Gasteiger partial charge in [0.15, 0.2) is 10.3 Å². The molecule has 0 aliphatic rings. The fraction of sp³-hybridized carbons (Fsp3) is 0.435. The van der Waals surface area contributed by atoms with Gasteiger partial charge in [-0.1, -0.05) is 45.8 Å². The number of nitrogens with one attached hydrogen (secondary N) is 3. The Bertz CT molecular complexity index is 1180. The zero-order valence-corrected chi connectivity index (χ0v) is 20.0. The summed E-state index contributed by atoms with van der Waals surface area (Å²) in [5.74, 6) is 0.634. The van der Waals surface area contributed by atoms with E-state index in [0.29, 0.717) is 11.7 Å². The maximum atomic E-state index is 12.4.